The van der Waals surface area contributed by atoms with Gasteiger partial charge in [0.2, 0.25) is 0 Å². The summed E-state index contributed by atoms with van der Waals surface area (Å²) >= 11 is 0. The number of hydrogen-bond acceptors (Lipinski definition) is 5. The summed E-state index contributed by atoms with van der Waals surface area (Å²) in [7, 11) is 0. The number of carbonyl (C=O) groups excluding carboxylic acids is 1. The third-order valence-corrected chi connectivity index (χ3v) is 8.62. The van der Waals surface area contributed by atoms with E-state index in [1.807, 2.05) is 24.4 Å². The number of nitrogens with zero attached hydrogens (tertiary/aromatic N) is 2. The van der Waals surface area contributed by atoms with Gasteiger partial charge in [0.15, 0.2) is 0 Å². The third kappa shape index (κ3) is 5.51. The SMILES string of the molecule is Cc1c(F)cc(C(=O)NC2CC2)cc1-c1ccc2c(=O)n(CC3(CO)CC3)cc(CN3CCCNCC3)c2c1. The molecule has 1 aromatic heterocycles. The molecule has 1 amide bonds. The predicted octanol–water partition coefficient (Wildman–Crippen LogP) is 3.58. The normalized spacial score (nSPS) is 19.2. The number of amides is 1. The number of aliphatic hydroxyl groups excluding tert-OH is 1. The van der Waals surface area contributed by atoms with E-state index in [1.165, 1.54) is 6.07 Å². The number of fused-ring (bicyclic) bond motifs is 1. The molecule has 7 nitrogen and oxygen atoms in total. The van der Waals surface area contributed by atoms with Crippen LogP contribution < -0.4 is 16.2 Å². The molecule has 0 spiro atoms. The molecule has 3 fully saturated rings. The van der Waals surface area contributed by atoms with E-state index in [2.05, 4.69) is 15.5 Å². The Hall–Kier alpha value is -3.07. The summed E-state index contributed by atoms with van der Waals surface area (Å²) in [6, 6.07) is 8.93. The van der Waals surface area contributed by atoms with Crippen LogP contribution in [0.15, 0.2) is 41.3 Å². The maximum atomic E-state index is 15.0. The van der Waals surface area contributed by atoms with E-state index in [9.17, 15) is 14.7 Å². The average Bonchev–Trinajstić information content (AvgIpc) is 3.85. The topological polar surface area (TPSA) is 86.6 Å². The number of hydrogen-bond donors (Lipinski definition) is 3. The second-order valence-corrected chi connectivity index (χ2v) is 11.8. The van der Waals surface area contributed by atoms with Crippen LogP contribution in [0.4, 0.5) is 4.39 Å². The van der Waals surface area contributed by atoms with Crippen LogP contribution >= 0.6 is 0 Å². The maximum absolute atomic E-state index is 15.0. The molecule has 2 aromatic carbocycles. The summed E-state index contributed by atoms with van der Waals surface area (Å²) in [4.78, 5) is 28.8. The van der Waals surface area contributed by atoms with Crippen molar-refractivity contribution in [2.24, 2.45) is 5.41 Å². The number of aromatic nitrogens is 1. The quantitative estimate of drug-likeness (QED) is 0.413. The molecule has 0 atom stereocenters. The van der Waals surface area contributed by atoms with Crippen molar-refractivity contribution in [3.05, 3.63) is 69.4 Å². The lowest BCUT2D eigenvalue weighted by Gasteiger charge is -2.23. The summed E-state index contributed by atoms with van der Waals surface area (Å²) in [5.74, 6) is -0.672. The first-order chi connectivity index (χ1) is 18.9. The molecule has 2 heterocycles. The molecule has 8 heteroatoms. The first kappa shape index (κ1) is 26.2. The van der Waals surface area contributed by atoms with Crippen molar-refractivity contribution in [1.82, 2.24) is 20.1 Å². The van der Waals surface area contributed by atoms with Gasteiger partial charge in [-0.2, -0.15) is 0 Å². The number of pyridine rings is 1. The minimum Gasteiger partial charge on any atom is -0.396 e. The van der Waals surface area contributed by atoms with Crippen molar-refractivity contribution < 1.29 is 14.3 Å². The number of carbonyl (C=O) groups is 1. The standard InChI is InChI=1S/C31H37FN4O3/c1-20-26(14-22(15-28(20)32)29(38)34-24-4-5-24)21-3-6-25-27(13-21)23(16-35-11-2-9-33-10-12-35)17-36(30(25)39)18-31(19-37)7-8-31/h3,6,13-15,17,24,33,37H,2,4-5,7-12,16,18-19H2,1H3,(H,34,38). The van der Waals surface area contributed by atoms with E-state index in [-0.39, 0.29) is 29.5 Å². The van der Waals surface area contributed by atoms with Crippen LogP contribution in [0, 0.1) is 18.2 Å². The largest absolute Gasteiger partial charge is 0.396 e. The van der Waals surface area contributed by atoms with Gasteiger partial charge in [0, 0.05) is 54.8 Å². The molecule has 3 aromatic rings. The second kappa shape index (κ2) is 10.5. The Morgan fingerprint density at radius 2 is 1.97 bits per heavy atom. The number of halogens is 1. The highest BCUT2D eigenvalue weighted by Crippen LogP contribution is 2.46. The van der Waals surface area contributed by atoms with Gasteiger partial charge in [0.1, 0.15) is 5.82 Å². The van der Waals surface area contributed by atoms with Crippen molar-refractivity contribution in [2.75, 3.05) is 32.8 Å². The molecule has 39 heavy (non-hydrogen) atoms. The van der Waals surface area contributed by atoms with Gasteiger partial charge >= 0.3 is 0 Å². The Kier molecular flexibility index (Phi) is 7.04. The summed E-state index contributed by atoms with van der Waals surface area (Å²) < 4.78 is 16.8. The Labute approximate surface area is 228 Å². The molecule has 206 valence electrons. The predicted molar refractivity (Wildman–Crippen MR) is 150 cm³/mol. The van der Waals surface area contributed by atoms with Gasteiger partial charge in [-0.05, 0) is 104 Å². The van der Waals surface area contributed by atoms with Gasteiger partial charge in [-0.1, -0.05) is 6.07 Å². The summed E-state index contributed by atoms with van der Waals surface area (Å²) in [5, 5.41) is 17.8. The summed E-state index contributed by atoms with van der Waals surface area (Å²) in [6.45, 7) is 6.83. The van der Waals surface area contributed by atoms with Crippen LogP contribution in [0.25, 0.3) is 21.9 Å². The third-order valence-electron chi connectivity index (χ3n) is 8.62. The molecule has 2 aliphatic carbocycles. The molecule has 0 unspecified atom stereocenters. The fraction of sp³-hybridized carbons (Fsp3) is 0.484. The van der Waals surface area contributed by atoms with Crippen LogP contribution in [0.3, 0.4) is 0 Å². The van der Waals surface area contributed by atoms with Crippen LogP contribution in [0.5, 0.6) is 0 Å². The Morgan fingerprint density at radius 1 is 1.15 bits per heavy atom. The minimum absolute atomic E-state index is 0.0713. The molecular formula is C31H37FN4O3. The molecule has 3 aliphatic rings. The molecule has 3 N–H and O–H groups in total. The van der Waals surface area contributed by atoms with Crippen LogP contribution in [0.2, 0.25) is 0 Å². The summed E-state index contributed by atoms with van der Waals surface area (Å²) in [6.07, 6.45) is 6.81. The first-order valence-corrected chi connectivity index (χ1v) is 14.2. The molecule has 1 saturated heterocycles. The smallest absolute Gasteiger partial charge is 0.258 e. The van der Waals surface area contributed by atoms with Gasteiger partial charge in [-0.25, -0.2) is 4.39 Å². The molecule has 0 bridgehead atoms. The molecule has 6 rings (SSSR count). The van der Waals surface area contributed by atoms with E-state index in [0.717, 1.165) is 74.8 Å². The number of aliphatic hydroxyl groups is 1. The number of nitrogens with one attached hydrogen (secondary N) is 2. The Bertz CT molecular complexity index is 1470. The van der Waals surface area contributed by atoms with Crippen LogP contribution in [0.1, 0.15) is 53.6 Å². The van der Waals surface area contributed by atoms with E-state index < -0.39 is 5.82 Å². The minimum atomic E-state index is -0.417. The fourth-order valence-electron chi connectivity index (χ4n) is 5.69. The van der Waals surface area contributed by atoms with Crippen molar-refractivity contribution in [1.29, 1.82) is 0 Å². The van der Waals surface area contributed by atoms with E-state index in [0.29, 0.717) is 35.2 Å². The van der Waals surface area contributed by atoms with Crippen molar-refractivity contribution in [3.8, 4) is 11.1 Å². The van der Waals surface area contributed by atoms with Gasteiger partial charge in [0.25, 0.3) is 11.5 Å². The number of benzene rings is 2. The van der Waals surface area contributed by atoms with Gasteiger partial charge in [-0.3, -0.25) is 14.5 Å². The van der Waals surface area contributed by atoms with Gasteiger partial charge in [-0.15, -0.1) is 0 Å². The highest BCUT2D eigenvalue weighted by Gasteiger charge is 2.42. The zero-order valence-corrected chi connectivity index (χ0v) is 22.6. The Morgan fingerprint density at radius 3 is 2.72 bits per heavy atom. The van der Waals surface area contributed by atoms with E-state index in [1.54, 1.807) is 17.6 Å². The van der Waals surface area contributed by atoms with Crippen molar-refractivity contribution in [2.45, 2.75) is 58.2 Å². The lowest BCUT2D eigenvalue weighted by Crippen LogP contribution is -2.30. The zero-order chi connectivity index (χ0) is 27.1. The molecule has 0 radical (unpaired) electrons. The van der Waals surface area contributed by atoms with Gasteiger partial charge in [0.05, 0.1) is 6.61 Å². The molecule has 1 aliphatic heterocycles. The zero-order valence-electron chi connectivity index (χ0n) is 22.6. The van der Waals surface area contributed by atoms with Crippen LogP contribution in [-0.4, -0.2) is 59.3 Å². The number of rotatable bonds is 8. The first-order valence-electron chi connectivity index (χ1n) is 14.2. The van der Waals surface area contributed by atoms with Gasteiger partial charge < -0.3 is 20.3 Å². The van der Waals surface area contributed by atoms with Crippen LogP contribution in [-0.2, 0) is 13.1 Å². The highest BCUT2D eigenvalue weighted by atomic mass is 19.1. The van der Waals surface area contributed by atoms with Crippen molar-refractivity contribution >= 4 is 16.7 Å². The van der Waals surface area contributed by atoms with Crippen molar-refractivity contribution in [3.63, 3.8) is 0 Å². The second-order valence-electron chi connectivity index (χ2n) is 11.8. The highest BCUT2D eigenvalue weighted by molar-refractivity contribution is 5.97. The molecule has 2 saturated carbocycles. The average molecular weight is 533 g/mol. The lowest BCUT2D eigenvalue weighted by atomic mass is 9.94. The maximum Gasteiger partial charge on any atom is 0.258 e. The van der Waals surface area contributed by atoms with E-state index in [4.69, 9.17) is 0 Å². The fourth-order valence-corrected chi connectivity index (χ4v) is 5.69. The van der Waals surface area contributed by atoms with E-state index >= 15 is 4.39 Å². The molecular weight excluding hydrogens is 495 g/mol. The lowest BCUT2D eigenvalue weighted by molar-refractivity contribution is 0.0950. The summed E-state index contributed by atoms with van der Waals surface area (Å²) in [5.41, 5.74) is 3.00. The monoisotopic (exact) mass is 532 g/mol. The Balaban J connectivity index is 1.44.